The SMILES string of the molecule is COc1ccc(OCCCC(=O)N2CCCCC2C)cc1. The predicted molar refractivity (Wildman–Crippen MR) is 82.7 cm³/mol. The third-order valence-corrected chi connectivity index (χ3v) is 3.99. The Morgan fingerprint density at radius 3 is 2.62 bits per heavy atom. The molecule has 1 saturated heterocycles. The number of benzene rings is 1. The predicted octanol–water partition coefficient (Wildman–Crippen LogP) is 3.26. The Bertz CT molecular complexity index is 444. The summed E-state index contributed by atoms with van der Waals surface area (Å²) in [6.07, 6.45) is 4.84. The van der Waals surface area contributed by atoms with Crippen molar-refractivity contribution >= 4 is 5.91 Å². The molecule has 0 radical (unpaired) electrons. The van der Waals surface area contributed by atoms with Crippen molar-refractivity contribution in [3.63, 3.8) is 0 Å². The van der Waals surface area contributed by atoms with Gasteiger partial charge >= 0.3 is 0 Å². The highest BCUT2D eigenvalue weighted by Crippen LogP contribution is 2.19. The van der Waals surface area contributed by atoms with Crippen molar-refractivity contribution in [2.24, 2.45) is 0 Å². The van der Waals surface area contributed by atoms with E-state index in [0.29, 0.717) is 19.1 Å². The summed E-state index contributed by atoms with van der Waals surface area (Å²) in [4.78, 5) is 14.2. The van der Waals surface area contributed by atoms with Gasteiger partial charge in [0.15, 0.2) is 0 Å². The number of carbonyl (C=O) groups excluding carboxylic acids is 1. The minimum absolute atomic E-state index is 0.264. The monoisotopic (exact) mass is 291 g/mol. The number of hydrogen-bond acceptors (Lipinski definition) is 3. The molecular formula is C17H25NO3. The number of nitrogens with zero attached hydrogens (tertiary/aromatic N) is 1. The zero-order valence-electron chi connectivity index (χ0n) is 13.0. The first kappa shape index (κ1) is 15.7. The van der Waals surface area contributed by atoms with Crippen LogP contribution in [0.2, 0.25) is 0 Å². The zero-order chi connectivity index (χ0) is 15.1. The fourth-order valence-electron chi connectivity index (χ4n) is 2.70. The number of likely N-dealkylation sites (tertiary alicyclic amines) is 1. The molecule has 1 heterocycles. The van der Waals surface area contributed by atoms with Crippen molar-refractivity contribution in [1.82, 2.24) is 4.90 Å². The molecule has 1 fully saturated rings. The van der Waals surface area contributed by atoms with E-state index in [1.807, 2.05) is 29.2 Å². The third-order valence-electron chi connectivity index (χ3n) is 3.99. The number of ether oxygens (including phenoxy) is 2. The molecule has 1 atom stereocenters. The molecule has 0 N–H and O–H groups in total. The van der Waals surface area contributed by atoms with Crippen molar-refractivity contribution in [2.45, 2.75) is 45.1 Å². The maximum atomic E-state index is 12.2. The summed E-state index contributed by atoms with van der Waals surface area (Å²) in [6, 6.07) is 7.90. The Kier molecular flexibility index (Phi) is 5.90. The van der Waals surface area contributed by atoms with Crippen LogP contribution in [0.3, 0.4) is 0 Å². The van der Waals surface area contributed by atoms with E-state index in [2.05, 4.69) is 6.92 Å². The van der Waals surface area contributed by atoms with E-state index in [4.69, 9.17) is 9.47 Å². The number of piperidine rings is 1. The van der Waals surface area contributed by atoms with E-state index in [0.717, 1.165) is 37.3 Å². The summed E-state index contributed by atoms with van der Waals surface area (Å²) >= 11 is 0. The average molecular weight is 291 g/mol. The van der Waals surface area contributed by atoms with Gasteiger partial charge in [0.05, 0.1) is 13.7 Å². The lowest BCUT2D eigenvalue weighted by atomic mass is 10.0. The number of hydrogen-bond donors (Lipinski definition) is 0. The van der Waals surface area contributed by atoms with Gasteiger partial charge < -0.3 is 14.4 Å². The maximum Gasteiger partial charge on any atom is 0.222 e. The molecule has 0 aromatic heterocycles. The smallest absolute Gasteiger partial charge is 0.222 e. The van der Waals surface area contributed by atoms with E-state index in [1.54, 1.807) is 7.11 Å². The van der Waals surface area contributed by atoms with Crippen molar-refractivity contribution in [2.75, 3.05) is 20.3 Å². The minimum Gasteiger partial charge on any atom is -0.497 e. The highest BCUT2D eigenvalue weighted by atomic mass is 16.5. The van der Waals surface area contributed by atoms with Crippen LogP contribution in [0, 0.1) is 0 Å². The second-order valence-corrected chi connectivity index (χ2v) is 5.56. The molecule has 4 nitrogen and oxygen atoms in total. The van der Waals surface area contributed by atoms with Gasteiger partial charge in [-0.05, 0) is 56.9 Å². The highest BCUT2D eigenvalue weighted by molar-refractivity contribution is 5.76. The number of rotatable bonds is 6. The summed E-state index contributed by atoms with van der Waals surface area (Å²) in [5, 5.41) is 0. The topological polar surface area (TPSA) is 38.8 Å². The number of methoxy groups -OCH3 is 1. The van der Waals surface area contributed by atoms with Crippen LogP contribution < -0.4 is 9.47 Å². The Labute approximate surface area is 127 Å². The van der Waals surface area contributed by atoms with Gasteiger partial charge in [-0.2, -0.15) is 0 Å². The van der Waals surface area contributed by atoms with Crippen LogP contribution in [0.1, 0.15) is 39.0 Å². The summed E-state index contributed by atoms with van der Waals surface area (Å²) in [6.45, 7) is 3.63. The molecule has 1 aliphatic rings. The summed E-state index contributed by atoms with van der Waals surface area (Å²) in [5.41, 5.74) is 0. The van der Waals surface area contributed by atoms with E-state index < -0.39 is 0 Å². The van der Waals surface area contributed by atoms with Gasteiger partial charge in [0.2, 0.25) is 5.91 Å². The molecule has 1 amide bonds. The summed E-state index contributed by atoms with van der Waals surface area (Å²) in [5.74, 6) is 1.90. The van der Waals surface area contributed by atoms with Crippen LogP contribution >= 0.6 is 0 Å². The zero-order valence-corrected chi connectivity index (χ0v) is 13.0. The fraction of sp³-hybridized carbons (Fsp3) is 0.588. The van der Waals surface area contributed by atoms with E-state index in [9.17, 15) is 4.79 Å². The Hall–Kier alpha value is -1.71. The highest BCUT2D eigenvalue weighted by Gasteiger charge is 2.22. The standard InChI is InChI=1S/C17H25NO3/c1-14-6-3-4-12-18(14)17(19)7-5-13-21-16-10-8-15(20-2)9-11-16/h8-11,14H,3-7,12-13H2,1-2H3. The first-order chi connectivity index (χ1) is 10.2. The van der Waals surface area contributed by atoms with Crippen molar-refractivity contribution in [3.8, 4) is 11.5 Å². The van der Waals surface area contributed by atoms with Crippen molar-refractivity contribution in [1.29, 1.82) is 0 Å². The molecule has 1 aromatic rings. The maximum absolute atomic E-state index is 12.2. The van der Waals surface area contributed by atoms with Crippen LogP contribution in [-0.2, 0) is 4.79 Å². The third kappa shape index (κ3) is 4.66. The minimum atomic E-state index is 0.264. The van der Waals surface area contributed by atoms with Crippen LogP contribution in [0.15, 0.2) is 24.3 Å². The normalized spacial score (nSPS) is 18.4. The molecule has 21 heavy (non-hydrogen) atoms. The molecule has 0 saturated carbocycles. The lowest BCUT2D eigenvalue weighted by Gasteiger charge is -2.33. The van der Waals surface area contributed by atoms with Crippen LogP contribution in [-0.4, -0.2) is 37.1 Å². The molecule has 1 aromatic carbocycles. The van der Waals surface area contributed by atoms with Crippen molar-refractivity contribution < 1.29 is 14.3 Å². The molecular weight excluding hydrogens is 266 g/mol. The molecule has 116 valence electrons. The van der Waals surface area contributed by atoms with E-state index >= 15 is 0 Å². The molecule has 4 heteroatoms. The van der Waals surface area contributed by atoms with Crippen molar-refractivity contribution in [3.05, 3.63) is 24.3 Å². The van der Waals surface area contributed by atoms with Gasteiger partial charge in [0.1, 0.15) is 11.5 Å². The second-order valence-electron chi connectivity index (χ2n) is 5.56. The summed E-state index contributed by atoms with van der Waals surface area (Å²) < 4.78 is 10.7. The van der Waals surface area contributed by atoms with E-state index in [1.165, 1.54) is 6.42 Å². The van der Waals surface area contributed by atoms with Crippen LogP contribution in [0.5, 0.6) is 11.5 Å². The lowest BCUT2D eigenvalue weighted by Crippen LogP contribution is -2.42. The van der Waals surface area contributed by atoms with Gasteiger partial charge in [-0.3, -0.25) is 4.79 Å². The Morgan fingerprint density at radius 1 is 1.24 bits per heavy atom. The van der Waals surface area contributed by atoms with E-state index in [-0.39, 0.29) is 5.91 Å². The molecule has 1 unspecified atom stereocenters. The second kappa shape index (κ2) is 7.91. The molecule has 1 aliphatic heterocycles. The summed E-state index contributed by atoms with van der Waals surface area (Å²) in [7, 11) is 1.64. The van der Waals surface area contributed by atoms with Gasteiger partial charge in [-0.1, -0.05) is 0 Å². The lowest BCUT2D eigenvalue weighted by molar-refractivity contribution is -0.134. The molecule has 0 bridgehead atoms. The Balaban J connectivity index is 1.67. The first-order valence-electron chi connectivity index (χ1n) is 7.77. The fourth-order valence-corrected chi connectivity index (χ4v) is 2.70. The molecule has 0 aliphatic carbocycles. The van der Waals surface area contributed by atoms with Crippen LogP contribution in [0.4, 0.5) is 0 Å². The number of amides is 1. The van der Waals surface area contributed by atoms with Crippen LogP contribution in [0.25, 0.3) is 0 Å². The first-order valence-corrected chi connectivity index (χ1v) is 7.77. The van der Waals surface area contributed by atoms with Gasteiger partial charge in [0.25, 0.3) is 0 Å². The molecule has 0 spiro atoms. The van der Waals surface area contributed by atoms with Gasteiger partial charge in [-0.15, -0.1) is 0 Å². The van der Waals surface area contributed by atoms with Gasteiger partial charge in [0, 0.05) is 19.0 Å². The molecule has 2 rings (SSSR count). The quantitative estimate of drug-likeness (QED) is 0.755. The number of carbonyl (C=O) groups is 1. The van der Waals surface area contributed by atoms with Gasteiger partial charge in [-0.25, -0.2) is 0 Å². The average Bonchev–Trinajstić information content (AvgIpc) is 2.52. The Morgan fingerprint density at radius 2 is 1.95 bits per heavy atom. The largest absolute Gasteiger partial charge is 0.497 e.